The van der Waals surface area contributed by atoms with Gasteiger partial charge in [-0.3, -0.25) is 4.79 Å². The Morgan fingerprint density at radius 3 is 2.42 bits per heavy atom. The lowest BCUT2D eigenvalue weighted by Crippen LogP contribution is -2.10. The summed E-state index contributed by atoms with van der Waals surface area (Å²) in [5, 5.41) is 1.16. The van der Waals surface area contributed by atoms with E-state index in [0.717, 1.165) is 35.9 Å². The molecule has 1 aromatic heterocycles. The Bertz CT molecular complexity index is 757. The predicted octanol–water partition coefficient (Wildman–Crippen LogP) is 5.91. The lowest BCUT2D eigenvalue weighted by atomic mass is 10.0. The first-order chi connectivity index (χ1) is 11.2. The molecule has 0 aliphatic heterocycles. The van der Waals surface area contributed by atoms with Gasteiger partial charge in [0.1, 0.15) is 0 Å². The number of hydrogen-bond acceptors (Lipinski definition) is 1. The maximum absolute atomic E-state index is 13.2. The summed E-state index contributed by atoms with van der Waals surface area (Å²) in [4.78, 5) is 13.2. The number of rotatable bonds is 6. The second kappa shape index (κ2) is 5.91. The zero-order valence-corrected chi connectivity index (χ0v) is 16.2. The van der Waals surface area contributed by atoms with Gasteiger partial charge in [0.2, 0.25) is 0 Å². The fourth-order valence-corrected chi connectivity index (χ4v) is 4.59. The van der Waals surface area contributed by atoms with Crippen molar-refractivity contribution < 1.29 is 4.79 Å². The van der Waals surface area contributed by atoms with Crippen LogP contribution in [0.5, 0.6) is 0 Å². The Kier molecular flexibility index (Phi) is 4.32. The molecule has 3 heteroatoms. The number of benzene rings is 1. The van der Waals surface area contributed by atoms with E-state index >= 15 is 0 Å². The molecule has 3 rings (SSSR count). The normalized spacial score (nSPS) is 20.2. The van der Waals surface area contributed by atoms with Crippen LogP contribution < -0.4 is 0 Å². The molecule has 0 N–H and O–H groups in total. The van der Waals surface area contributed by atoms with Crippen molar-refractivity contribution in [3.8, 4) is 0 Å². The van der Waals surface area contributed by atoms with E-state index in [1.165, 1.54) is 0 Å². The Hall–Kier alpha value is -1.28. The van der Waals surface area contributed by atoms with Crippen molar-refractivity contribution in [2.24, 2.45) is 16.7 Å². The Balaban J connectivity index is 1.99. The fourth-order valence-electron chi connectivity index (χ4n) is 4.22. The topological polar surface area (TPSA) is 22.0 Å². The quantitative estimate of drug-likeness (QED) is 0.471. The van der Waals surface area contributed by atoms with Gasteiger partial charge < -0.3 is 4.57 Å². The van der Waals surface area contributed by atoms with Crippen LogP contribution in [-0.2, 0) is 6.54 Å². The zero-order chi connectivity index (χ0) is 17.7. The predicted molar refractivity (Wildman–Crippen MR) is 102 cm³/mol. The van der Waals surface area contributed by atoms with E-state index in [1.54, 1.807) is 0 Å². The number of ketones is 1. The molecule has 0 bridgehead atoms. The maximum atomic E-state index is 13.2. The van der Waals surface area contributed by atoms with Crippen molar-refractivity contribution in [2.45, 2.75) is 59.4 Å². The van der Waals surface area contributed by atoms with Crippen molar-refractivity contribution in [2.75, 3.05) is 0 Å². The van der Waals surface area contributed by atoms with Gasteiger partial charge in [-0.15, -0.1) is 11.6 Å². The molecule has 1 atom stereocenters. The third kappa shape index (κ3) is 2.60. The average Bonchev–Trinajstić information content (AvgIpc) is 2.80. The minimum atomic E-state index is 0.0600. The van der Waals surface area contributed by atoms with Crippen LogP contribution in [0.25, 0.3) is 10.9 Å². The number of carbonyl (C=O) groups is 1. The first-order valence-electron chi connectivity index (χ1n) is 8.98. The minimum absolute atomic E-state index is 0.0600. The number of fused-ring (bicyclic) bond motifs is 1. The third-order valence-electron chi connectivity index (χ3n) is 6.33. The fraction of sp³-hybridized carbons (Fsp3) is 0.571. The molecule has 1 heterocycles. The summed E-state index contributed by atoms with van der Waals surface area (Å²) in [6.45, 7) is 11.7. The van der Waals surface area contributed by atoms with Crippen molar-refractivity contribution in [1.29, 1.82) is 0 Å². The van der Waals surface area contributed by atoms with Crippen LogP contribution in [0.2, 0.25) is 0 Å². The first kappa shape index (κ1) is 17.5. The van der Waals surface area contributed by atoms with E-state index in [4.69, 9.17) is 11.6 Å². The highest BCUT2D eigenvalue weighted by atomic mass is 35.5. The number of Topliss-reactive ketones (excluding diaryl/α,β-unsaturated/α-hetero) is 1. The number of carbonyl (C=O) groups excluding carboxylic acids is 1. The summed E-state index contributed by atoms with van der Waals surface area (Å²) < 4.78 is 2.16. The van der Waals surface area contributed by atoms with Gasteiger partial charge >= 0.3 is 0 Å². The van der Waals surface area contributed by atoms with Gasteiger partial charge in [-0.05, 0) is 23.3 Å². The minimum Gasteiger partial charge on any atom is -0.345 e. The number of aromatic nitrogens is 1. The molecule has 130 valence electrons. The number of para-hydroxylation sites is 1. The van der Waals surface area contributed by atoms with Crippen LogP contribution in [-0.4, -0.2) is 15.7 Å². The average molecular weight is 346 g/mol. The summed E-state index contributed by atoms with van der Waals surface area (Å²) in [7, 11) is 0. The van der Waals surface area contributed by atoms with Crippen LogP contribution in [0.15, 0.2) is 30.5 Å². The third-order valence-corrected chi connectivity index (χ3v) is 6.69. The highest BCUT2D eigenvalue weighted by Gasteiger charge is 2.68. The van der Waals surface area contributed by atoms with Crippen molar-refractivity contribution in [3.63, 3.8) is 0 Å². The van der Waals surface area contributed by atoms with Crippen LogP contribution in [0, 0.1) is 16.7 Å². The molecule has 0 radical (unpaired) electrons. The molecule has 1 aliphatic rings. The Morgan fingerprint density at radius 2 is 1.83 bits per heavy atom. The smallest absolute Gasteiger partial charge is 0.169 e. The zero-order valence-electron chi connectivity index (χ0n) is 15.4. The maximum Gasteiger partial charge on any atom is 0.169 e. The summed E-state index contributed by atoms with van der Waals surface area (Å²) >= 11 is 6.46. The Morgan fingerprint density at radius 1 is 1.21 bits per heavy atom. The SMILES string of the molecule is CCC[C@H](Cl)Cn1cc(C(=O)C2C(C)(C)C2(C)C)c2ccccc21. The lowest BCUT2D eigenvalue weighted by Gasteiger charge is -2.10. The molecular formula is C21H28ClNO. The Labute approximate surface area is 150 Å². The standard InChI is InChI=1S/C21H28ClNO/c1-6-9-14(22)12-23-13-16(15-10-7-8-11-17(15)23)18(24)19-20(2,3)21(19,4)5/h7-8,10-11,13-14,19H,6,9,12H2,1-5H3/t14-/m0/s1. The second-order valence-electron chi connectivity index (χ2n) is 8.34. The molecule has 1 aliphatic carbocycles. The molecule has 0 amide bonds. The number of halogens is 1. The molecule has 1 saturated carbocycles. The van der Waals surface area contributed by atoms with Gasteiger partial charge in [-0.1, -0.05) is 59.2 Å². The first-order valence-corrected chi connectivity index (χ1v) is 9.41. The molecule has 0 saturated heterocycles. The summed E-state index contributed by atoms with van der Waals surface area (Å²) in [5.74, 6) is 0.369. The molecule has 1 aromatic carbocycles. The van der Waals surface area contributed by atoms with Gasteiger partial charge in [-0.25, -0.2) is 0 Å². The van der Waals surface area contributed by atoms with Crippen molar-refractivity contribution >= 4 is 28.3 Å². The van der Waals surface area contributed by atoms with Gasteiger partial charge in [0.05, 0.1) is 5.38 Å². The van der Waals surface area contributed by atoms with E-state index in [2.05, 4.69) is 51.3 Å². The van der Waals surface area contributed by atoms with Gasteiger partial charge in [0.25, 0.3) is 0 Å². The molecular weight excluding hydrogens is 318 g/mol. The van der Waals surface area contributed by atoms with E-state index in [-0.39, 0.29) is 27.9 Å². The van der Waals surface area contributed by atoms with Crippen LogP contribution >= 0.6 is 11.6 Å². The highest BCUT2D eigenvalue weighted by molar-refractivity contribution is 6.20. The summed E-state index contributed by atoms with van der Waals surface area (Å²) in [6, 6.07) is 8.19. The summed E-state index contributed by atoms with van der Waals surface area (Å²) in [5.41, 5.74) is 2.09. The molecule has 0 unspecified atom stereocenters. The van der Waals surface area contributed by atoms with Crippen molar-refractivity contribution in [3.05, 3.63) is 36.0 Å². The van der Waals surface area contributed by atoms with Gasteiger partial charge in [-0.2, -0.15) is 0 Å². The largest absolute Gasteiger partial charge is 0.345 e. The van der Waals surface area contributed by atoms with E-state index < -0.39 is 0 Å². The van der Waals surface area contributed by atoms with Gasteiger partial charge in [0, 0.05) is 35.1 Å². The molecule has 1 fully saturated rings. The summed E-state index contributed by atoms with van der Waals surface area (Å²) in [6.07, 6.45) is 4.09. The van der Waals surface area contributed by atoms with Crippen LogP contribution in [0.4, 0.5) is 0 Å². The highest BCUT2D eigenvalue weighted by Crippen LogP contribution is 2.69. The molecule has 24 heavy (non-hydrogen) atoms. The number of hydrogen-bond donors (Lipinski definition) is 0. The van der Waals surface area contributed by atoms with E-state index in [1.807, 2.05) is 18.3 Å². The van der Waals surface area contributed by atoms with Crippen LogP contribution in [0.1, 0.15) is 57.8 Å². The molecule has 2 nitrogen and oxygen atoms in total. The number of alkyl halides is 1. The lowest BCUT2D eigenvalue weighted by molar-refractivity contribution is 0.0946. The number of nitrogens with zero attached hydrogens (tertiary/aromatic N) is 1. The molecule has 0 spiro atoms. The van der Waals surface area contributed by atoms with Crippen LogP contribution in [0.3, 0.4) is 0 Å². The monoisotopic (exact) mass is 345 g/mol. The second-order valence-corrected chi connectivity index (χ2v) is 8.96. The van der Waals surface area contributed by atoms with Crippen molar-refractivity contribution in [1.82, 2.24) is 4.57 Å². The molecule has 2 aromatic rings. The van der Waals surface area contributed by atoms with E-state index in [9.17, 15) is 4.79 Å². The van der Waals surface area contributed by atoms with E-state index in [0.29, 0.717) is 0 Å². The van der Waals surface area contributed by atoms with Gasteiger partial charge in [0.15, 0.2) is 5.78 Å².